The van der Waals surface area contributed by atoms with Gasteiger partial charge in [-0.2, -0.15) is 0 Å². The Balaban J connectivity index is 2.23. The van der Waals surface area contributed by atoms with Crippen molar-refractivity contribution in [2.24, 2.45) is 5.73 Å². The van der Waals surface area contributed by atoms with Crippen LogP contribution < -0.4 is 10.5 Å². The van der Waals surface area contributed by atoms with Gasteiger partial charge in [0.25, 0.3) is 0 Å². The highest BCUT2D eigenvalue weighted by molar-refractivity contribution is 5.38. The van der Waals surface area contributed by atoms with Crippen LogP contribution in [-0.2, 0) is 6.42 Å². The quantitative estimate of drug-likeness (QED) is 0.906. The van der Waals surface area contributed by atoms with Gasteiger partial charge in [-0.3, -0.25) is 0 Å². The summed E-state index contributed by atoms with van der Waals surface area (Å²) in [6.45, 7) is 4.17. The fraction of sp³-hybridized carbons (Fsp3) is 0.294. The molecule has 0 saturated heterocycles. The van der Waals surface area contributed by atoms with E-state index in [2.05, 4.69) is 50.2 Å². The average molecular weight is 255 g/mol. The highest BCUT2D eigenvalue weighted by Gasteiger charge is 2.11. The number of hydrogen-bond acceptors (Lipinski definition) is 2. The summed E-state index contributed by atoms with van der Waals surface area (Å²) < 4.78 is 5.41. The number of rotatable bonds is 4. The third kappa shape index (κ3) is 3.36. The maximum Gasteiger partial charge on any atom is 0.122 e. The number of ether oxygens (including phenoxy) is 1. The van der Waals surface area contributed by atoms with E-state index in [4.69, 9.17) is 10.5 Å². The van der Waals surface area contributed by atoms with Crippen LogP contribution in [0.5, 0.6) is 5.75 Å². The van der Waals surface area contributed by atoms with Crippen molar-refractivity contribution in [3.8, 4) is 5.75 Å². The molecular weight excluding hydrogens is 234 g/mol. The molecule has 1 unspecified atom stereocenters. The van der Waals surface area contributed by atoms with Crippen molar-refractivity contribution in [3.63, 3.8) is 0 Å². The molecule has 0 fully saturated rings. The van der Waals surface area contributed by atoms with Crippen LogP contribution in [-0.4, -0.2) is 7.11 Å². The number of aryl methyl sites for hydroxylation is 2. The molecule has 0 radical (unpaired) electrons. The Morgan fingerprint density at radius 2 is 1.79 bits per heavy atom. The second-order valence-electron chi connectivity index (χ2n) is 5.04. The van der Waals surface area contributed by atoms with Gasteiger partial charge in [-0.1, -0.05) is 47.5 Å². The third-order valence-electron chi connectivity index (χ3n) is 3.35. The SMILES string of the molecule is COc1ccc(C)cc1CC(N)c1cccc(C)c1. The van der Waals surface area contributed by atoms with Crippen molar-refractivity contribution in [3.05, 3.63) is 64.7 Å². The molecule has 0 bridgehead atoms. The van der Waals surface area contributed by atoms with E-state index in [1.165, 1.54) is 16.7 Å². The molecule has 2 aromatic carbocycles. The molecule has 0 spiro atoms. The van der Waals surface area contributed by atoms with Gasteiger partial charge < -0.3 is 10.5 Å². The van der Waals surface area contributed by atoms with Crippen LogP contribution in [0.1, 0.15) is 28.3 Å². The smallest absolute Gasteiger partial charge is 0.122 e. The van der Waals surface area contributed by atoms with E-state index in [0.29, 0.717) is 0 Å². The number of hydrogen-bond donors (Lipinski definition) is 1. The van der Waals surface area contributed by atoms with Gasteiger partial charge in [0.2, 0.25) is 0 Å². The van der Waals surface area contributed by atoms with E-state index in [1.807, 2.05) is 6.07 Å². The lowest BCUT2D eigenvalue weighted by Crippen LogP contribution is -2.14. The summed E-state index contributed by atoms with van der Waals surface area (Å²) >= 11 is 0. The fourth-order valence-electron chi connectivity index (χ4n) is 2.32. The van der Waals surface area contributed by atoms with E-state index < -0.39 is 0 Å². The zero-order valence-electron chi connectivity index (χ0n) is 11.8. The van der Waals surface area contributed by atoms with Crippen LogP contribution in [0.3, 0.4) is 0 Å². The van der Waals surface area contributed by atoms with Crippen molar-refractivity contribution >= 4 is 0 Å². The van der Waals surface area contributed by atoms with Crippen LogP contribution >= 0.6 is 0 Å². The fourth-order valence-corrected chi connectivity index (χ4v) is 2.32. The van der Waals surface area contributed by atoms with E-state index in [-0.39, 0.29) is 6.04 Å². The first-order chi connectivity index (χ1) is 9.10. The van der Waals surface area contributed by atoms with Gasteiger partial charge in [0.05, 0.1) is 7.11 Å². The lowest BCUT2D eigenvalue weighted by atomic mass is 9.97. The van der Waals surface area contributed by atoms with Gasteiger partial charge in [-0.15, -0.1) is 0 Å². The highest BCUT2D eigenvalue weighted by atomic mass is 16.5. The Bertz CT molecular complexity index is 563. The molecule has 2 heteroatoms. The molecule has 2 nitrogen and oxygen atoms in total. The predicted molar refractivity (Wildman–Crippen MR) is 79.5 cm³/mol. The molecule has 19 heavy (non-hydrogen) atoms. The average Bonchev–Trinajstić information content (AvgIpc) is 2.39. The van der Waals surface area contributed by atoms with Crippen LogP contribution in [0.4, 0.5) is 0 Å². The minimum Gasteiger partial charge on any atom is -0.496 e. The Morgan fingerprint density at radius 1 is 1.05 bits per heavy atom. The molecular formula is C17H21NO. The van der Waals surface area contributed by atoms with Crippen molar-refractivity contribution in [2.45, 2.75) is 26.3 Å². The van der Waals surface area contributed by atoms with Crippen molar-refractivity contribution in [2.75, 3.05) is 7.11 Å². The maximum atomic E-state index is 6.31. The lowest BCUT2D eigenvalue weighted by molar-refractivity contribution is 0.408. The van der Waals surface area contributed by atoms with Crippen LogP contribution in [0.2, 0.25) is 0 Å². The first-order valence-electron chi connectivity index (χ1n) is 6.56. The van der Waals surface area contributed by atoms with E-state index >= 15 is 0 Å². The Morgan fingerprint density at radius 3 is 2.47 bits per heavy atom. The van der Waals surface area contributed by atoms with Gasteiger partial charge >= 0.3 is 0 Å². The molecule has 0 heterocycles. The molecule has 0 amide bonds. The molecule has 0 saturated carbocycles. The molecule has 2 rings (SSSR count). The molecule has 0 aliphatic rings. The highest BCUT2D eigenvalue weighted by Crippen LogP contribution is 2.25. The predicted octanol–water partition coefficient (Wildman–Crippen LogP) is 3.55. The summed E-state index contributed by atoms with van der Waals surface area (Å²) in [6.07, 6.45) is 0.786. The minimum absolute atomic E-state index is 0.00407. The molecule has 0 aliphatic heterocycles. The number of nitrogens with two attached hydrogens (primary N) is 1. The first kappa shape index (κ1) is 13.6. The normalized spacial score (nSPS) is 12.2. The van der Waals surface area contributed by atoms with Crippen molar-refractivity contribution in [1.82, 2.24) is 0 Å². The molecule has 0 aliphatic carbocycles. The van der Waals surface area contributed by atoms with E-state index in [0.717, 1.165) is 17.7 Å². The minimum atomic E-state index is -0.00407. The molecule has 2 N–H and O–H groups in total. The topological polar surface area (TPSA) is 35.2 Å². The van der Waals surface area contributed by atoms with Crippen LogP contribution in [0.25, 0.3) is 0 Å². The van der Waals surface area contributed by atoms with E-state index in [1.54, 1.807) is 7.11 Å². The van der Waals surface area contributed by atoms with Crippen LogP contribution in [0.15, 0.2) is 42.5 Å². The zero-order chi connectivity index (χ0) is 13.8. The second kappa shape index (κ2) is 5.89. The summed E-state index contributed by atoms with van der Waals surface area (Å²) in [5, 5.41) is 0. The van der Waals surface area contributed by atoms with E-state index in [9.17, 15) is 0 Å². The molecule has 2 aromatic rings. The summed E-state index contributed by atoms with van der Waals surface area (Å²) in [6, 6.07) is 14.6. The summed E-state index contributed by atoms with van der Waals surface area (Å²) in [7, 11) is 1.70. The van der Waals surface area contributed by atoms with Gasteiger partial charge in [0.15, 0.2) is 0 Å². The first-order valence-corrected chi connectivity index (χ1v) is 6.56. The van der Waals surface area contributed by atoms with Crippen molar-refractivity contribution < 1.29 is 4.74 Å². The summed E-state index contributed by atoms with van der Waals surface area (Å²) in [5.74, 6) is 0.911. The molecule has 100 valence electrons. The molecule has 0 aromatic heterocycles. The van der Waals surface area contributed by atoms with Gasteiger partial charge in [-0.25, -0.2) is 0 Å². The van der Waals surface area contributed by atoms with Crippen LogP contribution in [0, 0.1) is 13.8 Å². The maximum absolute atomic E-state index is 6.31. The second-order valence-corrected chi connectivity index (χ2v) is 5.04. The Kier molecular flexibility index (Phi) is 4.23. The van der Waals surface area contributed by atoms with Gasteiger partial charge in [0.1, 0.15) is 5.75 Å². The third-order valence-corrected chi connectivity index (χ3v) is 3.35. The Labute approximate surface area is 115 Å². The number of benzene rings is 2. The number of methoxy groups -OCH3 is 1. The summed E-state index contributed by atoms with van der Waals surface area (Å²) in [4.78, 5) is 0. The zero-order valence-corrected chi connectivity index (χ0v) is 11.8. The van der Waals surface area contributed by atoms with Gasteiger partial charge in [0, 0.05) is 6.04 Å². The Hall–Kier alpha value is -1.80. The standard InChI is InChI=1S/C17H21NO/c1-12-5-4-6-14(9-12)16(18)11-15-10-13(2)7-8-17(15)19-3/h4-10,16H,11,18H2,1-3H3. The largest absolute Gasteiger partial charge is 0.496 e. The summed E-state index contributed by atoms with van der Waals surface area (Å²) in [5.41, 5.74) is 11.1. The monoisotopic (exact) mass is 255 g/mol. The van der Waals surface area contributed by atoms with Gasteiger partial charge in [-0.05, 0) is 37.5 Å². The molecule has 1 atom stereocenters. The lowest BCUT2D eigenvalue weighted by Gasteiger charge is -2.15. The van der Waals surface area contributed by atoms with Crippen molar-refractivity contribution in [1.29, 1.82) is 0 Å².